The topological polar surface area (TPSA) is 83.6 Å². The maximum atomic E-state index is 13.6. The van der Waals surface area contributed by atoms with Gasteiger partial charge in [-0.05, 0) is 12.1 Å². The lowest BCUT2D eigenvalue weighted by atomic mass is 10.1. The van der Waals surface area contributed by atoms with Crippen molar-refractivity contribution < 1.29 is 23.5 Å². The molecule has 0 aromatic heterocycles. The average Bonchev–Trinajstić information content (AvgIpc) is 2.67. The van der Waals surface area contributed by atoms with Crippen LogP contribution in [0.1, 0.15) is 6.42 Å². The van der Waals surface area contributed by atoms with Gasteiger partial charge in [0.1, 0.15) is 5.69 Å². The van der Waals surface area contributed by atoms with Crippen molar-refractivity contribution in [1.29, 1.82) is 0 Å². The number of carbonyl (C=O) groups is 2. The normalized spacial score (nSPS) is 19.3. The van der Waals surface area contributed by atoms with Crippen LogP contribution in [0.2, 0.25) is 0 Å². The molecule has 1 aliphatic heterocycles. The maximum absolute atomic E-state index is 13.6. The van der Waals surface area contributed by atoms with Crippen molar-refractivity contribution in [3.05, 3.63) is 23.8 Å². The molecule has 3 N–H and O–H groups in total. The zero-order valence-corrected chi connectivity index (χ0v) is 9.19. The quantitative estimate of drug-likeness (QED) is 0.773. The van der Waals surface area contributed by atoms with E-state index in [9.17, 15) is 18.4 Å². The van der Waals surface area contributed by atoms with E-state index in [2.05, 4.69) is 0 Å². The Morgan fingerprint density at radius 1 is 1.44 bits per heavy atom. The SMILES string of the molecule is Nc1ccc(F)c(F)c1N1CC(C(=O)O)CC1=O. The third-order valence-corrected chi connectivity index (χ3v) is 2.84. The predicted octanol–water partition coefficient (Wildman–Crippen LogP) is 0.985. The van der Waals surface area contributed by atoms with Crippen LogP contribution in [0.5, 0.6) is 0 Å². The largest absolute Gasteiger partial charge is 0.481 e. The molecule has 1 aliphatic rings. The number of carbonyl (C=O) groups excluding carboxylic acids is 1. The second-order valence-electron chi connectivity index (χ2n) is 4.04. The van der Waals surface area contributed by atoms with E-state index in [1.54, 1.807) is 0 Å². The summed E-state index contributed by atoms with van der Waals surface area (Å²) in [5.74, 6) is -5.04. The number of anilines is 2. The first-order valence-electron chi connectivity index (χ1n) is 5.18. The highest BCUT2D eigenvalue weighted by atomic mass is 19.2. The molecule has 1 saturated heterocycles. The number of benzene rings is 1. The third kappa shape index (κ3) is 1.87. The Balaban J connectivity index is 2.41. The molecule has 0 spiro atoms. The van der Waals surface area contributed by atoms with Crippen LogP contribution in [0.4, 0.5) is 20.2 Å². The summed E-state index contributed by atoms with van der Waals surface area (Å²) in [5, 5.41) is 8.81. The lowest BCUT2D eigenvalue weighted by molar-refractivity contribution is -0.141. The van der Waals surface area contributed by atoms with Crippen LogP contribution in [-0.4, -0.2) is 23.5 Å². The van der Waals surface area contributed by atoms with E-state index in [1.165, 1.54) is 0 Å². The molecule has 96 valence electrons. The summed E-state index contributed by atoms with van der Waals surface area (Å²) in [6.45, 7) is -0.210. The first-order chi connectivity index (χ1) is 8.41. The Morgan fingerprint density at radius 3 is 2.67 bits per heavy atom. The van der Waals surface area contributed by atoms with Gasteiger partial charge in [-0.3, -0.25) is 9.59 Å². The van der Waals surface area contributed by atoms with E-state index in [0.29, 0.717) is 0 Å². The molecular formula is C11H10F2N2O3. The highest BCUT2D eigenvalue weighted by Gasteiger charge is 2.37. The fourth-order valence-corrected chi connectivity index (χ4v) is 1.92. The van der Waals surface area contributed by atoms with Gasteiger partial charge in [-0.15, -0.1) is 0 Å². The Kier molecular flexibility index (Phi) is 2.90. The van der Waals surface area contributed by atoms with Gasteiger partial charge in [0.15, 0.2) is 11.6 Å². The van der Waals surface area contributed by atoms with Crippen molar-refractivity contribution in [1.82, 2.24) is 0 Å². The monoisotopic (exact) mass is 256 g/mol. The van der Waals surface area contributed by atoms with Gasteiger partial charge in [0.05, 0.1) is 11.6 Å². The van der Waals surface area contributed by atoms with Gasteiger partial charge >= 0.3 is 5.97 Å². The van der Waals surface area contributed by atoms with Crippen LogP contribution >= 0.6 is 0 Å². The minimum absolute atomic E-state index is 0.103. The number of aliphatic carboxylic acids is 1. The van der Waals surface area contributed by atoms with Crippen LogP contribution in [0, 0.1) is 17.6 Å². The van der Waals surface area contributed by atoms with Crippen LogP contribution in [0.15, 0.2) is 12.1 Å². The van der Waals surface area contributed by atoms with Crippen LogP contribution in [-0.2, 0) is 9.59 Å². The predicted molar refractivity (Wildman–Crippen MR) is 58.9 cm³/mol. The lowest BCUT2D eigenvalue weighted by Gasteiger charge is -2.19. The van der Waals surface area contributed by atoms with Gasteiger partial charge in [0.2, 0.25) is 5.91 Å². The zero-order valence-electron chi connectivity index (χ0n) is 9.19. The molecular weight excluding hydrogens is 246 g/mol. The number of nitrogens with two attached hydrogens (primary N) is 1. The lowest BCUT2D eigenvalue weighted by Crippen LogP contribution is -2.28. The van der Waals surface area contributed by atoms with Crippen molar-refractivity contribution in [3.8, 4) is 0 Å². The summed E-state index contributed by atoms with van der Waals surface area (Å²) in [6.07, 6.45) is -0.245. The number of amides is 1. The van der Waals surface area contributed by atoms with Crippen molar-refractivity contribution in [3.63, 3.8) is 0 Å². The second-order valence-corrected chi connectivity index (χ2v) is 4.04. The smallest absolute Gasteiger partial charge is 0.308 e. The van der Waals surface area contributed by atoms with Crippen molar-refractivity contribution in [2.45, 2.75) is 6.42 Å². The number of carboxylic acid groups (broad SMARTS) is 1. The molecule has 18 heavy (non-hydrogen) atoms. The summed E-state index contributed by atoms with van der Waals surface area (Å²) in [7, 11) is 0. The number of hydrogen-bond acceptors (Lipinski definition) is 3. The van der Waals surface area contributed by atoms with Crippen LogP contribution < -0.4 is 10.6 Å². The molecule has 1 amide bonds. The fourth-order valence-electron chi connectivity index (χ4n) is 1.92. The number of hydrogen-bond donors (Lipinski definition) is 2. The van der Waals surface area contributed by atoms with Gasteiger partial charge in [0.25, 0.3) is 0 Å². The van der Waals surface area contributed by atoms with E-state index in [-0.39, 0.29) is 24.3 Å². The molecule has 7 heteroatoms. The molecule has 1 heterocycles. The van der Waals surface area contributed by atoms with E-state index >= 15 is 0 Å². The summed E-state index contributed by atoms with van der Waals surface area (Å²) >= 11 is 0. The molecule has 1 unspecified atom stereocenters. The summed E-state index contributed by atoms with van der Waals surface area (Å²) in [6, 6.07) is 1.98. The van der Waals surface area contributed by atoms with Gasteiger partial charge in [-0.25, -0.2) is 8.78 Å². The van der Waals surface area contributed by atoms with Crippen molar-refractivity contribution in [2.75, 3.05) is 17.2 Å². The summed E-state index contributed by atoms with van der Waals surface area (Å²) < 4.78 is 26.7. The molecule has 1 aromatic rings. The van der Waals surface area contributed by atoms with E-state index < -0.39 is 29.4 Å². The molecule has 0 saturated carbocycles. The second kappa shape index (κ2) is 4.25. The maximum Gasteiger partial charge on any atom is 0.308 e. The Morgan fingerprint density at radius 2 is 2.11 bits per heavy atom. The molecule has 5 nitrogen and oxygen atoms in total. The molecule has 0 radical (unpaired) electrons. The minimum atomic E-state index is -1.24. The van der Waals surface area contributed by atoms with Crippen molar-refractivity contribution in [2.24, 2.45) is 5.92 Å². The Hall–Kier alpha value is -2.18. The highest BCUT2D eigenvalue weighted by Crippen LogP contribution is 2.33. The summed E-state index contributed by atoms with van der Waals surface area (Å²) in [5.41, 5.74) is 5.02. The zero-order chi connectivity index (χ0) is 13.4. The first-order valence-corrected chi connectivity index (χ1v) is 5.18. The molecule has 0 bridgehead atoms. The first kappa shape index (κ1) is 12.3. The minimum Gasteiger partial charge on any atom is -0.481 e. The van der Waals surface area contributed by atoms with Crippen molar-refractivity contribution >= 4 is 23.3 Å². The van der Waals surface area contributed by atoms with Crippen LogP contribution in [0.25, 0.3) is 0 Å². The molecule has 1 aromatic carbocycles. The molecule has 1 atom stereocenters. The molecule has 1 fully saturated rings. The van der Waals surface area contributed by atoms with Crippen LogP contribution in [0.3, 0.4) is 0 Å². The molecule has 2 rings (SSSR count). The van der Waals surface area contributed by atoms with Gasteiger partial charge in [-0.2, -0.15) is 0 Å². The van der Waals surface area contributed by atoms with Gasteiger partial charge in [-0.1, -0.05) is 0 Å². The van der Waals surface area contributed by atoms with E-state index in [0.717, 1.165) is 17.0 Å². The fraction of sp³-hybridized carbons (Fsp3) is 0.273. The highest BCUT2D eigenvalue weighted by molar-refractivity contribution is 6.01. The Bertz CT molecular complexity index is 533. The van der Waals surface area contributed by atoms with E-state index in [4.69, 9.17) is 10.8 Å². The number of nitrogen functional groups attached to an aromatic ring is 1. The summed E-state index contributed by atoms with van der Waals surface area (Å²) in [4.78, 5) is 23.3. The van der Waals surface area contributed by atoms with Gasteiger partial charge in [0, 0.05) is 13.0 Å². The number of rotatable bonds is 2. The number of carboxylic acids is 1. The number of halogens is 2. The Labute approximate surface area is 101 Å². The van der Waals surface area contributed by atoms with Gasteiger partial charge < -0.3 is 15.7 Å². The van der Waals surface area contributed by atoms with E-state index in [1.807, 2.05) is 0 Å². The average molecular weight is 256 g/mol. The third-order valence-electron chi connectivity index (χ3n) is 2.84. The standard InChI is InChI=1S/C11H10F2N2O3/c12-6-1-2-7(14)10(9(6)13)15-4-5(11(17)18)3-8(15)16/h1-2,5H,3-4,14H2,(H,17,18). The molecule has 0 aliphatic carbocycles. The number of nitrogens with zero attached hydrogens (tertiary/aromatic N) is 1.